The fourth-order valence-corrected chi connectivity index (χ4v) is 2.27. The van der Waals surface area contributed by atoms with Crippen LogP contribution in [-0.4, -0.2) is 16.5 Å². The molecule has 0 radical (unpaired) electrons. The Kier molecular flexibility index (Phi) is 6.37. The van der Waals surface area contributed by atoms with E-state index in [9.17, 15) is 4.79 Å². The van der Waals surface area contributed by atoms with Gasteiger partial charge in [-0.2, -0.15) is 11.6 Å². The zero-order valence-corrected chi connectivity index (χ0v) is 14.2. The van der Waals surface area contributed by atoms with Crippen LogP contribution in [0.15, 0.2) is 85.0 Å². The first kappa shape index (κ1) is 18.7. The van der Waals surface area contributed by atoms with E-state index in [-0.39, 0.29) is 22.9 Å². The number of anilines is 1. The molecule has 0 unspecified atom stereocenters. The molecule has 2 aromatic carbocycles. The van der Waals surface area contributed by atoms with Crippen LogP contribution in [0.2, 0.25) is 0 Å². The number of para-hydroxylation sites is 1. The maximum Gasteiger partial charge on any atom is 1.00 e. The Morgan fingerprint density at radius 3 is 2.08 bits per heavy atom. The van der Waals surface area contributed by atoms with Crippen LogP contribution in [0.1, 0.15) is 5.56 Å². The number of hydrazine groups is 1. The number of allylic oxidation sites excluding steroid dienone is 2. The second-order valence-corrected chi connectivity index (χ2v) is 5.42. The Labute approximate surface area is 157 Å². The fourth-order valence-electron chi connectivity index (χ4n) is 2.27. The molecule has 0 aromatic heterocycles. The van der Waals surface area contributed by atoms with Crippen molar-refractivity contribution in [2.75, 3.05) is 5.43 Å². The van der Waals surface area contributed by atoms with Gasteiger partial charge in [0.25, 0.3) is 0 Å². The molecule has 0 saturated heterocycles. The summed E-state index contributed by atoms with van der Waals surface area (Å²) >= 11 is 0. The van der Waals surface area contributed by atoms with Crippen LogP contribution in [-0.2, 0) is 21.9 Å². The van der Waals surface area contributed by atoms with Crippen molar-refractivity contribution in [2.24, 2.45) is 0 Å². The van der Waals surface area contributed by atoms with Crippen molar-refractivity contribution in [2.45, 2.75) is 5.60 Å². The Morgan fingerprint density at radius 1 is 0.920 bits per heavy atom. The summed E-state index contributed by atoms with van der Waals surface area (Å²) in [5.74, 6) is -0.115. The molecular weight excluding hydrogens is 364 g/mol. The molecule has 2 aromatic rings. The van der Waals surface area contributed by atoms with Gasteiger partial charge in [0.1, 0.15) is 0 Å². The van der Waals surface area contributed by atoms with E-state index in [1.807, 2.05) is 60.7 Å². The van der Waals surface area contributed by atoms with Crippen molar-refractivity contribution < 1.29 is 27.0 Å². The van der Waals surface area contributed by atoms with Gasteiger partial charge in [0.2, 0.25) is 0 Å². The molecule has 0 amide bonds. The maximum absolute atomic E-state index is 11.3. The van der Waals surface area contributed by atoms with Gasteiger partial charge in [-0.1, -0.05) is 36.4 Å². The first-order chi connectivity index (χ1) is 11.6. The van der Waals surface area contributed by atoms with E-state index in [0.29, 0.717) is 5.70 Å². The van der Waals surface area contributed by atoms with Crippen LogP contribution < -0.4 is 10.9 Å². The predicted molar refractivity (Wildman–Crippen MR) is 95.9 cm³/mol. The molecule has 0 spiro atoms. The van der Waals surface area contributed by atoms with Crippen molar-refractivity contribution in [3.63, 3.8) is 0 Å². The molecule has 25 heavy (non-hydrogen) atoms. The van der Waals surface area contributed by atoms with Gasteiger partial charge >= 0.3 is 17.1 Å². The van der Waals surface area contributed by atoms with E-state index in [0.717, 1.165) is 11.3 Å². The molecule has 0 bridgehead atoms. The molecule has 1 aliphatic rings. The molecule has 4 N–H and O–H groups in total. The molecule has 4 nitrogen and oxygen atoms in total. The van der Waals surface area contributed by atoms with Gasteiger partial charge in [0, 0.05) is 0 Å². The van der Waals surface area contributed by atoms with Crippen molar-refractivity contribution in [3.8, 4) is 0 Å². The van der Waals surface area contributed by atoms with Gasteiger partial charge in [-0.15, -0.1) is 17.8 Å². The summed E-state index contributed by atoms with van der Waals surface area (Å²) in [6.45, 7) is 0. The number of carbonyl (C=O) groups is 1. The maximum atomic E-state index is 11.3. The van der Waals surface area contributed by atoms with E-state index in [2.05, 4.69) is 16.9 Å². The largest absolute Gasteiger partial charge is 1.00 e. The normalized spacial score (nSPS) is 15.4. The first-order valence-electron chi connectivity index (χ1n) is 7.60. The molecule has 0 heterocycles. The molecule has 0 aliphatic heterocycles. The summed E-state index contributed by atoms with van der Waals surface area (Å²) in [7, 11) is 0. The molecule has 0 fully saturated rings. The summed E-state index contributed by atoms with van der Waals surface area (Å²) in [5.41, 5.74) is 7.47. The quantitative estimate of drug-likeness (QED) is 0.362. The average Bonchev–Trinajstić information content (AvgIpc) is 2.63. The van der Waals surface area contributed by atoms with E-state index in [1.54, 1.807) is 0 Å². The summed E-state index contributed by atoms with van der Waals surface area (Å²) < 4.78 is 0. The van der Waals surface area contributed by atoms with E-state index >= 15 is 0 Å². The van der Waals surface area contributed by atoms with E-state index < -0.39 is 5.60 Å². The smallest absolute Gasteiger partial charge is 0.446 e. The molecule has 3 rings (SSSR count). The minimum absolute atomic E-state index is 0. The van der Waals surface area contributed by atoms with Gasteiger partial charge < -0.3 is 16.0 Å². The Bertz CT molecular complexity index is 783. The molecule has 1 aliphatic carbocycles. The third-order valence-corrected chi connectivity index (χ3v) is 3.52. The van der Waals surface area contributed by atoms with Gasteiger partial charge in [0.05, 0.1) is 5.69 Å². The minimum atomic E-state index is -1.19. The van der Waals surface area contributed by atoms with Gasteiger partial charge in [-0.3, -0.25) is 4.79 Å². The number of ketones is 1. The number of benzene rings is 2. The number of hydrogen-bond donors (Lipinski definition) is 2. The van der Waals surface area contributed by atoms with Crippen molar-refractivity contribution >= 4 is 17.2 Å². The molecule has 5 heteroatoms. The van der Waals surface area contributed by atoms with Crippen LogP contribution in [0.25, 0.3) is 5.70 Å². The molecule has 130 valence electrons. The third-order valence-electron chi connectivity index (χ3n) is 3.52. The number of carbonyl (C=O) groups excluding carboxylic acids is 1. The van der Waals surface area contributed by atoms with Gasteiger partial charge in [-0.05, 0) is 36.4 Å². The van der Waals surface area contributed by atoms with Crippen LogP contribution in [0.5, 0.6) is 0 Å². The van der Waals surface area contributed by atoms with Crippen LogP contribution in [0, 0.1) is 6.08 Å². The van der Waals surface area contributed by atoms with E-state index in [4.69, 9.17) is 5.11 Å². The topological polar surface area (TPSA) is 64.0 Å². The molecule has 0 atom stereocenters. The predicted octanol–water partition coefficient (Wildman–Crippen LogP) is 2.60. The van der Waals surface area contributed by atoms with E-state index in [1.165, 1.54) is 24.3 Å². The number of hydrogen-bond acceptors (Lipinski definition) is 3. The number of rotatable bonds is 5. The summed E-state index contributed by atoms with van der Waals surface area (Å²) in [4.78, 5) is 11.3. The number of nitrogens with one attached hydrogen (secondary N) is 2. The third kappa shape index (κ3) is 5.19. The molecular formula is C20H18CuN2O2+. The van der Waals surface area contributed by atoms with Crippen LogP contribution in [0.3, 0.4) is 0 Å². The first-order valence-corrected chi connectivity index (χ1v) is 7.60. The van der Waals surface area contributed by atoms with Gasteiger partial charge in [0.15, 0.2) is 11.4 Å². The second kappa shape index (κ2) is 8.49. The zero-order chi connectivity index (χ0) is 16.8. The Balaban J connectivity index is 0.00000225. The molecule has 0 saturated carbocycles. The fraction of sp³-hybridized carbons (Fsp3) is 0.0500. The average molecular weight is 382 g/mol. The summed E-state index contributed by atoms with van der Waals surface area (Å²) in [6.07, 6.45) is 8.98. The van der Waals surface area contributed by atoms with Gasteiger partial charge in [-0.25, -0.2) is 0 Å². The monoisotopic (exact) mass is 381 g/mol. The minimum Gasteiger partial charge on any atom is -0.446 e. The summed E-state index contributed by atoms with van der Waals surface area (Å²) in [5, 5.41) is 8.45. The van der Waals surface area contributed by atoms with Crippen molar-refractivity contribution in [3.05, 3.63) is 96.6 Å². The Morgan fingerprint density at radius 2 is 1.48 bits per heavy atom. The Hall–Kier alpha value is -2.59. The van der Waals surface area contributed by atoms with Crippen molar-refractivity contribution in [1.29, 1.82) is 0 Å². The SMILES string of the molecule is O=C1C=CC([OH2+])([C-]=C(NNc2ccccc2)c2ccccc2)C=C1.[Cu+]. The summed E-state index contributed by atoms with van der Waals surface area (Å²) in [6, 6.07) is 19.3. The van der Waals surface area contributed by atoms with Crippen LogP contribution in [0.4, 0.5) is 5.69 Å². The van der Waals surface area contributed by atoms with Crippen LogP contribution >= 0.6 is 0 Å². The standard InChI is InChI=1S/C20H17N2O2.Cu/c23-18-11-13-20(24,14-12-18)15-19(16-7-3-1-4-8-16)22-21-17-9-5-2-6-10-17;/h1-14,21-22,24H;/q-1;+1/p+1. The zero-order valence-electron chi connectivity index (χ0n) is 13.3. The van der Waals surface area contributed by atoms with Crippen molar-refractivity contribution in [1.82, 2.24) is 5.43 Å². The second-order valence-electron chi connectivity index (χ2n) is 5.42.